The van der Waals surface area contributed by atoms with Gasteiger partial charge < -0.3 is 16.0 Å². The van der Waals surface area contributed by atoms with Crippen LogP contribution in [-0.4, -0.2) is 36.3 Å². The Bertz CT molecular complexity index is 483. The highest BCUT2D eigenvalue weighted by molar-refractivity contribution is 9.10. The van der Waals surface area contributed by atoms with Crippen molar-refractivity contribution in [1.82, 2.24) is 10.2 Å². The van der Waals surface area contributed by atoms with Gasteiger partial charge in [-0.25, -0.2) is 0 Å². The van der Waals surface area contributed by atoms with Gasteiger partial charge in [0, 0.05) is 31.0 Å². The third-order valence-electron chi connectivity index (χ3n) is 2.84. The van der Waals surface area contributed by atoms with Gasteiger partial charge >= 0.3 is 0 Å². The molecule has 0 aliphatic carbocycles. The van der Waals surface area contributed by atoms with E-state index in [0.29, 0.717) is 13.1 Å². The fourth-order valence-electron chi connectivity index (χ4n) is 1.61. The minimum Gasteiger partial charge on any atom is -0.354 e. The van der Waals surface area contributed by atoms with Gasteiger partial charge in [-0.05, 0) is 18.6 Å². The number of carbonyl (C=O) groups excluding carboxylic acids is 2. The molecule has 0 saturated heterocycles. The first-order valence-corrected chi connectivity index (χ1v) is 7.21. The average Bonchev–Trinajstić information content (AvgIpc) is 2.40. The van der Waals surface area contributed by atoms with Crippen LogP contribution in [0.2, 0.25) is 0 Å². The van der Waals surface area contributed by atoms with Gasteiger partial charge in [0.15, 0.2) is 0 Å². The van der Waals surface area contributed by atoms with E-state index in [2.05, 4.69) is 21.2 Å². The second-order valence-corrected chi connectivity index (χ2v) is 5.53. The van der Waals surface area contributed by atoms with Crippen molar-refractivity contribution in [3.05, 3.63) is 34.3 Å². The molecule has 5 nitrogen and oxygen atoms in total. The van der Waals surface area contributed by atoms with Crippen LogP contribution in [0, 0.1) is 0 Å². The summed E-state index contributed by atoms with van der Waals surface area (Å²) in [5, 5.41) is 2.62. The van der Waals surface area contributed by atoms with E-state index < -0.39 is 6.04 Å². The summed E-state index contributed by atoms with van der Waals surface area (Å²) in [6, 6.07) is 7.21. The van der Waals surface area contributed by atoms with E-state index >= 15 is 0 Å². The van der Waals surface area contributed by atoms with E-state index in [9.17, 15) is 9.59 Å². The van der Waals surface area contributed by atoms with E-state index in [0.717, 1.165) is 10.0 Å². The number of nitrogens with one attached hydrogen (secondary N) is 1. The molecule has 21 heavy (non-hydrogen) atoms. The number of benzene rings is 1. The van der Waals surface area contributed by atoms with Crippen LogP contribution in [0.15, 0.2) is 28.7 Å². The highest BCUT2D eigenvalue weighted by Gasteiger charge is 2.12. The average molecular weight is 379 g/mol. The van der Waals surface area contributed by atoms with Crippen molar-refractivity contribution >= 4 is 40.2 Å². The Labute approximate surface area is 139 Å². The zero-order chi connectivity index (χ0) is 15.1. The van der Waals surface area contributed by atoms with Crippen molar-refractivity contribution in [2.45, 2.75) is 25.9 Å². The van der Waals surface area contributed by atoms with Crippen LogP contribution in [-0.2, 0) is 16.1 Å². The molecule has 0 unspecified atom stereocenters. The van der Waals surface area contributed by atoms with E-state index in [1.807, 2.05) is 24.3 Å². The summed E-state index contributed by atoms with van der Waals surface area (Å²) < 4.78 is 0.977. The molecule has 118 valence electrons. The molecule has 0 saturated carbocycles. The smallest absolute Gasteiger partial charge is 0.236 e. The maximum Gasteiger partial charge on any atom is 0.236 e. The Morgan fingerprint density at radius 1 is 1.38 bits per heavy atom. The molecule has 0 aliphatic rings. The lowest BCUT2D eigenvalue weighted by Gasteiger charge is -2.18. The Kier molecular flexibility index (Phi) is 9.24. The number of carbonyl (C=O) groups is 2. The number of nitrogens with two attached hydrogens (primary N) is 1. The fraction of sp³-hybridized carbons (Fsp3) is 0.429. The standard InChI is InChI=1S/C14H20BrN3O2.ClH/c1-10(16)14(20)17-8-7-13(19)18(2)9-11-5-3-4-6-12(11)15;/h3-6,10H,7-9,16H2,1-2H3,(H,17,20);1H/t10-;/m0./s1. The van der Waals surface area contributed by atoms with Gasteiger partial charge in [-0.1, -0.05) is 34.1 Å². The molecule has 2 amide bonds. The highest BCUT2D eigenvalue weighted by atomic mass is 79.9. The SMILES string of the molecule is C[C@H](N)C(=O)NCCC(=O)N(C)Cc1ccccc1Br.Cl. The molecule has 0 spiro atoms. The summed E-state index contributed by atoms with van der Waals surface area (Å²) in [4.78, 5) is 24.8. The minimum atomic E-state index is -0.553. The molecule has 0 fully saturated rings. The third-order valence-corrected chi connectivity index (χ3v) is 3.62. The van der Waals surface area contributed by atoms with Gasteiger partial charge in [-0.15, -0.1) is 12.4 Å². The van der Waals surface area contributed by atoms with Gasteiger partial charge in [0.05, 0.1) is 6.04 Å². The topological polar surface area (TPSA) is 75.4 Å². The molecule has 0 aromatic heterocycles. The molecular weight excluding hydrogens is 358 g/mol. The van der Waals surface area contributed by atoms with Crippen molar-refractivity contribution in [2.75, 3.05) is 13.6 Å². The molecule has 1 rings (SSSR count). The predicted molar refractivity (Wildman–Crippen MR) is 89.1 cm³/mol. The Balaban J connectivity index is 0.00000400. The second kappa shape index (κ2) is 9.76. The van der Waals surface area contributed by atoms with Gasteiger partial charge in [-0.2, -0.15) is 0 Å². The van der Waals surface area contributed by atoms with Crippen LogP contribution in [0.5, 0.6) is 0 Å². The zero-order valence-electron chi connectivity index (χ0n) is 12.1. The van der Waals surface area contributed by atoms with Crippen LogP contribution >= 0.6 is 28.3 Å². The molecule has 0 heterocycles. The molecule has 0 aliphatic heterocycles. The monoisotopic (exact) mass is 377 g/mol. The lowest BCUT2D eigenvalue weighted by Crippen LogP contribution is -2.40. The molecule has 7 heteroatoms. The highest BCUT2D eigenvalue weighted by Crippen LogP contribution is 2.17. The molecule has 0 bridgehead atoms. The molecule has 1 aromatic carbocycles. The number of hydrogen-bond acceptors (Lipinski definition) is 3. The molecule has 1 atom stereocenters. The van der Waals surface area contributed by atoms with Gasteiger partial charge in [0.25, 0.3) is 0 Å². The predicted octanol–water partition coefficient (Wildman–Crippen LogP) is 1.68. The van der Waals surface area contributed by atoms with Crippen LogP contribution in [0.25, 0.3) is 0 Å². The molecule has 3 N–H and O–H groups in total. The zero-order valence-corrected chi connectivity index (χ0v) is 14.5. The fourth-order valence-corrected chi connectivity index (χ4v) is 2.02. The Hall–Kier alpha value is -1.11. The van der Waals surface area contributed by atoms with Gasteiger partial charge in [0.2, 0.25) is 11.8 Å². The van der Waals surface area contributed by atoms with E-state index in [-0.39, 0.29) is 30.6 Å². The van der Waals surface area contributed by atoms with Crippen molar-refractivity contribution in [1.29, 1.82) is 0 Å². The van der Waals surface area contributed by atoms with Crippen LogP contribution < -0.4 is 11.1 Å². The van der Waals surface area contributed by atoms with Gasteiger partial charge in [0.1, 0.15) is 0 Å². The van der Waals surface area contributed by atoms with E-state index in [1.165, 1.54) is 0 Å². The quantitative estimate of drug-likeness (QED) is 0.791. The summed E-state index contributed by atoms with van der Waals surface area (Å²) in [5.74, 6) is -0.267. The van der Waals surface area contributed by atoms with Gasteiger partial charge in [-0.3, -0.25) is 9.59 Å². The number of halogens is 2. The summed E-state index contributed by atoms with van der Waals surface area (Å²) >= 11 is 3.45. The van der Waals surface area contributed by atoms with Crippen molar-refractivity contribution in [3.63, 3.8) is 0 Å². The molecular formula is C14H21BrClN3O2. The largest absolute Gasteiger partial charge is 0.354 e. The summed E-state index contributed by atoms with van der Waals surface area (Å²) in [6.45, 7) is 2.44. The van der Waals surface area contributed by atoms with Crippen molar-refractivity contribution in [3.8, 4) is 0 Å². The number of nitrogens with zero attached hydrogens (tertiary/aromatic N) is 1. The molecule has 1 aromatic rings. The summed E-state index contributed by atoms with van der Waals surface area (Å²) in [6.07, 6.45) is 0.263. The first kappa shape index (κ1) is 19.9. The molecule has 0 radical (unpaired) electrons. The second-order valence-electron chi connectivity index (χ2n) is 4.67. The lowest BCUT2D eigenvalue weighted by molar-refractivity contribution is -0.130. The normalized spacial score (nSPS) is 11.2. The van der Waals surface area contributed by atoms with E-state index in [4.69, 9.17) is 5.73 Å². The van der Waals surface area contributed by atoms with Crippen LogP contribution in [0.3, 0.4) is 0 Å². The maximum atomic E-state index is 11.9. The first-order chi connectivity index (χ1) is 9.41. The third kappa shape index (κ3) is 6.93. The lowest BCUT2D eigenvalue weighted by atomic mass is 10.2. The first-order valence-electron chi connectivity index (χ1n) is 6.42. The number of rotatable bonds is 6. The van der Waals surface area contributed by atoms with Crippen LogP contribution in [0.1, 0.15) is 18.9 Å². The Morgan fingerprint density at radius 2 is 2.00 bits per heavy atom. The number of amides is 2. The van der Waals surface area contributed by atoms with E-state index in [1.54, 1.807) is 18.9 Å². The maximum absolute atomic E-state index is 11.9. The van der Waals surface area contributed by atoms with Crippen LogP contribution in [0.4, 0.5) is 0 Å². The van der Waals surface area contributed by atoms with Crippen molar-refractivity contribution in [2.24, 2.45) is 5.73 Å². The summed E-state index contributed by atoms with van der Waals surface area (Å²) in [5.41, 5.74) is 6.46. The number of hydrogen-bond donors (Lipinski definition) is 2. The Morgan fingerprint density at radius 3 is 2.57 bits per heavy atom. The van der Waals surface area contributed by atoms with Crippen molar-refractivity contribution < 1.29 is 9.59 Å². The minimum absolute atomic E-state index is 0. The summed E-state index contributed by atoms with van der Waals surface area (Å²) in [7, 11) is 1.75.